The van der Waals surface area contributed by atoms with Gasteiger partial charge in [0.15, 0.2) is 0 Å². The molecule has 2 N–H and O–H groups in total. The fraction of sp³-hybridized carbons (Fsp3) is 0.600. The Kier molecular flexibility index (Phi) is 6.42. The van der Waals surface area contributed by atoms with Crippen LogP contribution in [0.25, 0.3) is 0 Å². The second kappa shape index (κ2) is 7.83. The highest BCUT2D eigenvalue weighted by atomic mass is 16.6. The number of aromatic nitrogens is 1. The van der Waals surface area contributed by atoms with Gasteiger partial charge < -0.3 is 19.9 Å². The molecule has 0 bridgehead atoms. The molecule has 118 valence electrons. The Morgan fingerprint density at radius 2 is 2.19 bits per heavy atom. The number of carbonyl (C=O) groups excluding carboxylic acids is 1. The third-order valence-corrected chi connectivity index (χ3v) is 2.68. The van der Waals surface area contributed by atoms with E-state index in [0.29, 0.717) is 30.8 Å². The van der Waals surface area contributed by atoms with Crippen LogP contribution in [0, 0.1) is 0 Å². The number of pyridine rings is 1. The number of nitrogens with one attached hydrogen (secondary N) is 1. The van der Waals surface area contributed by atoms with Crippen molar-refractivity contribution in [2.24, 2.45) is 0 Å². The molecule has 0 aromatic carbocycles. The van der Waals surface area contributed by atoms with Gasteiger partial charge in [-0.3, -0.25) is 0 Å². The van der Waals surface area contributed by atoms with Gasteiger partial charge in [0.25, 0.3) is 0 Å². The minimum Gasteiger partial charge on any atom is -0.481 e. The number of hydrogen-bond donors (Lipinski definition) is 2. The monoisotopic (exact) mass is 296 g/mol. The number of aliphatic hydroxyl groups excluding tert-OH is 1. The molecule has 1 amide bonds. The molecule has 1 atom stereocenters. The van der Waals surface area contributed by atoms with E-state index in [0.717, 1.165) is 0 Å². The standard InChI is InChI=1S/C15H24N2O4/c1-15(2,3)21-14(19)17-10-6-8-12(18)11-7-5-9-16-13(11)20-4/h5,7,9,12,18H,6,8,10H2,1-4H3,(H,17,19). The van der Waals surface area contributed by atoms with E-state index in [1.165, 1.54) is 7.11 Å². The number of nitrogens with zero attached hydrogens (tertiary/aromatic N) is 1. The van der Waals surface area contributed by atoms with Crippen molar-refractivity contribution in [3.63, 3.8) is 0 Å². The minimum atomic E-state index is -0.672. The van der Waals surface area contributed by atoms with Crippen molar-refractivity contribution in [3.8, 4) is 5.88 Å². The number of aliphatic hydroxyl groups is 1. The molecule has 1 aromatic heterocycles. The van der Waals surface area contributed by atoms with E-state index in [2.05, 4.69) is 10.3 Å². The summed E-state index contributed by atoms with van der Waals surface area (Å²) in [6.45, 7) is 5.87. The van der Waals surface area contributed by atoms with Crippen LogP contribution in [-0.4, -0.2) is 35.4 Å². The Bertz CT molecular complexity index is 457. The zero-order valence-corrected chi connectivity index (χ0v) is 13.0. The first-order valence-electron chi connectivity index (χ1n) is 6.97. The van der Waals surface area contributed by atoms with Gasteiger partial charge in [-0.1, -0.05) is 0 Å². The summed E-state index contributed by atoms with van der Waals surface area (Å²) in [5.74, 6) is 0.421. The average molecular weight is 296 g/mol. The van der Waals surface area contributed by atoms with Crippen molar-refractivity contribution in [2.75, 3.05) is 13.7 Å². The molecule has 0 aliphatic heterocycles. The predicted molar refractivity (Wildman–Crippen MR) is 79.2 cm³/mol. The maximum absolute atomic E-state index is 11.4. The van der Waals surface area contributed by atoms with Gasteiger partial charge in [-0.15, -0.1) is 0 Å². The highest BCUT2D eigenvalue weighted by molar-refractivity contribution is 5.67. The van der Waals surface area contributed by atoms with Crippen LogP contribution in [0.3, 0.4) is 0 Å². The summed E-state index contributed by atoms with van der Waals surface area (Å²) in [4.78, 5) is 15.5. The summed E-state index contributed by atoms with van der Waals surface area (Å²) in [7, 11) is 1.52. The van der Waals surface area contributed by atoms with E-state index < -0.39 is 17.8 Å². The van der Waals surface area contributed by atoms with Crippen molar-refractivity contribution in [1.82, 2.24) is 10.3 Å². The van der Waals surface area contributed by atoms with Crippen LogP contribution in [0.2, 0.25) is 0 Å². The minimum absolute atomic E-state index is 0.421. The van der Waals surface area contributed by atoms with Crippen LogP contribution >= 0.6 is 0 Å². The topological polar surface area (TPSA) is 80.7 Å². The molecule has 0 spiro atoms. The molecule has 0 radical (unpaired) electrons. The molecule has 1 aromatic rings. The lowest BCUT2D eigenvalue weighted by molar-refractivity contribution is 0.0523. The van der Waals surface area contributed by atoms with Crippen LogP contribution in [0.5, 0.6) is 5.88 Å². The first kappa shape index (κ1) is 17.2. The maximum atomic E-state index is 11.4. The van der Waals surface area contributed by atoms with Crippen LogP contribution in [-0.2, 0) is 4.74 Å². The first-order chi connectivity index (χ1) is 9.83. The van der Waals surface area contributed by atoms with Crippen molar-refractivity contribution in [3.05, 3.63) is 23.9 Å². The fourth-order valence-corrected chi connectivity index (χ4v) is 1.78. The van der Waals surface area contributed by atoms with E-state index in [-0.39, 0.29) is 0 Å². The highest BCUT2D eigenvalue weighted by Crippen LogP contribution is 2.25. The van der Waals surface area contributed by atoms with Gasteiger partial charge in [0, 0.05) is 18.3 Å². The normalized spacial score (nSPS) is 12.6. The van der Waals surface area contributed by atoms with Gasteiger partial charge in [0.2, 0.25) is 5.88 Å². The average Bonchev–Trinajstić information content (AvgIpc) is 2.41. The molecule has 1 unspecified atom stereocenters. The van der Waals surface area contributed by atoms with Crippen LogP contribution < -0.4 is 10.1 Å². The zero-order chi connectivity index (χ0) is 15.9. The molecule has 0 fully saturated rings. The number of ether oxygens (including phenoxy) is 2. The fourth-order valence-electron chi connectivity index (χ4n) is 1.78. The molecular formula is C15H24N2O4. The number of methoxy groups -OCH3 is 1. The van der Waals surface area contributed by atoms with Gasteiger partial charge in [0.05, 0.1) is 13.2 Å². The van der Waals surface area contributed by atoms with Crippen LogP contribution in [0.1, 0.15) is 45.3 Å². The van der Waals surface area contributed by atoms with E-state index in [9.17, 15) is 9.90 Å². The lowest BCUT2D eigenvalue weighted by atomic mass is 10.1. The number of hydrogen-bond acceptors (Lipinski definition) is 5. The van der Waals surface area contributed by atoms with Crippen molar-refractivity contribution >= 4 is 6.09 Å². The van der Waals surface area contributed by atoms with Gasteiger partial charge in [0.1, 0.15) is 5.60 Å². The van der Waals surface area contributed by atoms with E-state index in [4.69, 9.17) is 9.47 Å². The summed E-state index contributed by atoms with van der Waals surface area (Å²) in [5, 5.41) is 12.8. The summed E-state index contributed by atoms with van der Waals surface area (Å²) in [6.07, 6.45) is 1.61. The van der Waals surface area contributed by atoms with Gasteiger partial charge in [-0.05, 0) is 45.7 Å². The lowest BCUT2D eigenvalue weighted by Gasteiger charge is -2.20. The second-order valence-electron chi connectivity index (χ2n) is 5.69. The quantitative estimate of drug-likeness (QED) is 0.788. The Morgan fingerprint density at radius 1 is 1.48 bits per heavy atom. The number of alkyl carbamates (subject to hydrolysis) is 1. The molecule has 21 heavy (non-hydrogen) atoms. The number of carbonyl (C=O) groups is 1. The SMILES string of the molecule is COc1ncccc1C(O)CCCNC(=O)OC(C)(C)C. The first-order valence-corrected chi connectivity index (χ1v) is 6.97. The number of rotatable bonds is 6. The van der Waals surface area contributed by atoms with Crippen molar-refractivity contribution in [1.29, 1.82) is 0 Å². The summed E-state index contributed by atoms with van der Waals surface area (Å²) >= 11 is 0. The molecule has 6 nitrogen and oxygen atoms in total. The Morgan fingerprint density at radius 3 is 2.81 bits per heavy atom. The molecule has 0 aliphatic rings. The molecule has 0 aliphatic carbocycles. The second-order valence-corrected chi connectivity index (χ2v) is 5.69. The lowest BCUT2D eigenvalue weighted by Crippen LogP contribution is -2.33. The summed E-state index contributed by atoms with van der Waals surface area (Å²) < 4.78 is 10.2. The summed E-state index contributed by atoms with van der Waals surface area (Å²) in [5.41, 5.74) is 0.143. The molecule has 1 heterocycles. The Labute approximate surface area is 125 Å². The third-order valence-electron chi connectivity index (χ3n) is 2.68. The van der Waals surface area contributed by atoms with E-state index in [1.54, 1.807) is 18.3 Å². The van der Waals surface area contributed by atoms with E-state index >= 15 is 0 Å². The van der Waals surface area contributed by atoms with Crippen LogP contribution in [0.15, 0.2) is 18.3 Å². The largest absolute Gasteiger partial charge is 0.481 e. The zero-order valence-electron chi connectivity index (χ0n) is 13.0. The van der Waals surface area contributed by atoms with E-state index in [1.807, 2.05) is 20.8 Å². The van der Waals surface area contributed by atoms with Gasteiger partial charge in [-0.2, -0.15) is 0 Å². The van der Waals surface area contributed by atoms with Gasteiger partial charge in [-0.25, -0.2) is 9.78 Å². The van der Waals surface area contributed by atoms with Gasteiger partial charge >= 0.3 is 6.09 Å². The predicted octanol–water partition coefficient (Wildman–Crippen LogP) is 2.43. The molecule has 0 saturated carbocycles. The smallest absolute Gasteiger partial charge is 0.407 e. The van der Waals surface area contributed by atoms with Crippen LogP contribution in [0.4, 0.5) is 4.79 Å². The number of amides is 1. The third kappa shape index (κ3) is 6.44. The Hall–Kier alpha value is -1.82. The molecule has 6 heteroatoms. The molecule has 0 saturated heterocycles. The van der Waals surface area contributed by atoms with Crippen molar-refractivity contribution < 1.29 is 19.4 Å². The summed E-state index contributed by atoms with van der Waals surface area (Å²) in [6, 6.07) is 3.53. The highest BCUT2D eigenvalue weighted by Gasteiger charge is 2.16. The molecule has 1 rings (SSSR count). The maximum Gasteiger partial charge on any atom is 0.407 e. The Balaban J connectivity index is 2.34. The van der Waals surface area contributed by atoms with Crippen molar-refractivity contribution in [2.45, 2.75) is 45.3 Å². The molecular weight excluding hydrogens is 272 g/mol.